The lowest BCUT2D eigenvalue weighted by Crippen LogP contribution is -2.04. The molecule has 0 saturated heterocycles. The summed E-state index contributed by atoms with van der Waals surface area (Å²) in [7, 11) is 0. The second kappa shape index (κ2) is 7.01. The molecule has 1 rings (SSSR count). The number of allylic oxidation sites excluding steroid dienone is 1. The van der Waals surface area contributed by atoms with Crippen LogP contribution < -0.4 is 10.5 Å². The van der Waals surface area contributed by atoms with Gasteiger partial charge in [0.25, 0.3) is 0 Å². The van der Waals surface area contributed by atoms with Gasteiger partial charge in [-0.25, -0.2) is 0 Å². The van der Waals surface area contributed by atoms with Crippen molar-refractivity contribution in [2.75, 3.05) is 13.2 Å². The van der Waals surface area contributed by atoms with E-state index in [2.05, 4.69) is 11.6 Å². The highest BCUT2D eigenvalue weighted by molar-refractivity contribution is 5.19. The zero-order valence-corrected chi connectivity index (χ0v) is 8.98. The lowest BCUT2D eigenvalue weighted by molar-refractivity contribution is 0.311. The van der Waals surface area contributed by atoms with Gasteiger partial charge in [-0.3, -0.25) is 4.98 Å². The Hall–Kier alpha value is -1.35. The van der Waals surface area contributed by atoms with Crippen LogP contribution in [0.25, 0.3) is 0 Å². The molecule has 0 bridgehead atoms. The second-order valence-corrected chi connectivity index (χ2v) is 3.30. The van der Waals surface area contributed by atoms with E-state index in [0.717, 1.165) is 30.7 Å². The number of hydrogen-bond donors (Lipinski definition) is 1. The molecule has 0 aliphatic heterocycles. The van der Waals surface area contributed by atoms with E-state index < -0.39 is 0 Å². The standard InChI is InChI=1S/C12H18N2O/c1-2-3-4-9-15-12-6-5-11(7-8-13)14-10-12/h2,5-6,10H,1,3-4,7-9,13H2. The van der Waals surface area contributed by atoms with Gasteiger partial charge in [0.2, 0.25) is 0 Å². The third-order valence-corrected chi connectivity index (χ3v) is 2.02. The molecular formula is C12H18N2O. The van der Waals surface area contributed by atoms with Gasteiger partial charge in [0.05, 0.1) is 12.8 Å². The number of nitrogens with zero attached hydrogens (tertiary/aromatic N) is 1. The molecule has 0 amide bonds. The van der Waals surface area contributed by atoms with Crippen LogP contribution in [0.2, 0.25) is 0 Å². The van der Waals surface area contributed by atoms with Gasteiger partial charge >= 0.3 is 0 Å². The van der Waals surface area contributed by atoms with E-state index >= 15 is 0 Å². The summed E-state index contributed by atoms with van der Waals surface area (Å²) in [5.74, 6) is 0.819. The molecule has 0 aromatic carbocycles. The van der Waals surface area contributed by atoms with Crippen molar-refractivity contribution in [1.82, 2.24) is 4.98 Å². The molecule has 15 heavy (non-hydrogen) atoms. The van der Waals surface area contributed by atoms with Crippen molar-refractivity contribution >= 4 is 0 Å². The summed E-state index contributed by atoms with van der Waals surface area (Å²) in [6.45, 7) is 5.00. The molecule has 1 aromatic heterocycles. The number of hydrogen-bond acceptors (Lipinski definition) is 3. The first-order chi connectivity index (χ1) is 7.36. The molecule has 1 heterocycles. The van der Waals surface area contributed by atoms with E-state index in [9.17, 15) is 0 Å². The average Bonchev–Trinajstić information content (AvgIpc) is 2.27. The Balaban J connectivity index is 2.32. The second-order valence-electron chi connectivity index (χ2n) is 3.30. The minimum absolute atomic E-state index is 0.631. The van der Waals surface area contributed by atoms with Crippen LogP contribution in [0, 0.1) is 0 Å². The molecular weight excluding hydrogens is 188 g/mol. The van der Waals surface area contributed by atoms with Crippen molar-refractivity contribution in [3.8, 4) is 5.75 Å². The van der Waals surface area contributed by atoms with E-state index in [1.165, 1.54) is 0 Å². The molecule has 0 unspecified atom stereocenters. The molecule has 82 valence electrons. The van der Waals surface area contributed by atoms with Crippen LogP contribution in [0.4, 0.5) is 0 Å². The number of pyridine rings is 1. The summed E-state index contributed by atoms with van der Waals surface area (Å²) < 4.78 is 5.50. The van der Waals surface area contributed by atoms with Gasteiger partial charge in [-0.2, -0.15) is 0 Å². The monoisotopic (exact) mass is 206 g/mol. The molecule has 0 radical (unpaired) electrons. The van der Waals surface area contributed by atoms with Crippen LogP contribution >= 0.6 is 0 Å². The maximum atomic E-state index is 5.50. The van der Waals surface area contributed by atoms with Crippen LogP contribution in [-0.2, 0) is 6.42 Å². The summed E-state index contributed by atoms with van der Waals surface area (Å²) in [5.41, 5.74) is 6.44. The number of nitrogens with two attached hydrogens (primary N) is 1. The first-order valence-electron chi connectivity index (χ1n) is 5.25. The predicted molar refractivity (Wildman–Crippen MR) is 61.9 cm³/mol. The van der Waals surface area contributed by atoms with Gasteiger partial charge in [-0.15, -0.1) is 6.58 Å². The van der Waals surface area contributed by atoms with E-state index in [-0.39, 0.29) is 0 Å². The zero-order chi connectivity index (χ0) is 10.9. The molecule has 3 nitrogen and oxygen atoms in total. The molecule has 0 aliphatic carbocycles. The first-order valence-corrected chi connectivity index (χ1v) is 5.25. The molecule has 0 atom stereocenters. The van der Waals surface area contributed by atoms with Crippen molar-refractivity contribution < 1.29 is 4.74 Å². The van der Waals surface area contributed by atoms with Crippen LogP contribution in [0.3, 0.4) is 0 Å². The van der Waals surface area contributed by atoms with Crippen LogP contribution in [-0.4, -0.2) is 18.1 Å². The Kier molecular flexibility index (Phi) is 5.48. The highest BCUT2D eigenvalue weighted by atomic mass is 16.5. The Morgan fingerprint density at radius 2 is 2.33 bits per heavy atom. The minimum atomic E-state index is 0.631. The highest BCUT2D eigenvalue weighted by Gasteiger charge is 1.95. The quantitative estimate of drug-likeness (QED) is 0.547. The molecule has 2 N–H and O–H groups in total. The molecule has 1 aromatic rings. The smallest absolute Gasteiger partial charge is 0.137 e. The number of ether oxygens (including phenoxy) is 1. The van der Waals surface area contributed by atoms with Gasteiger partial charge in [-0.1, -0.05) is 6.08 Å². The summed E-state index contributed by atoms with van der Waals surface area (Å²) >= 11 is 0. The minimum Gasteiger partial charge on any atom is -0.492 e. The van der Waals surface area contributed by atoms with Crippen molar-refractivity contribution in [2.45, 2.75) is 19.3 Å². The zero-order valence-electron chi connectivity index (χ0n) is 8.98. The number of rotatable bonds is 7. The van der Waals surface area contributed by atoms with Crippen molar-refractivity contribution in [3.05, 3.63) is 36.7 Å². The normalized spacial score (nSPS) is 9.93. The lowest BCUT2D eigenvalue weighted by atomic mass is 10.3. The summed E-state index contributed by atoms with van der Waals surface area (Å²) in [6, 6.07) is 3.89. The summed E-state index contributed by atoms with van der Waals surface area (Å²) in [5, 5.41) is 0. The Bertz CT molecular complexity index is 282. The fraction of sp³-hybridized carbons (Fsp3) is 0.417. The van der Waals surface area contributed by atoms with Crippen LogP contribution in [0.15, 0.2) is 31.0 Å². The number of aromatic nitrogens is 1. The first kappa shape index (κ1) is 11.7. The lowest BCUT2D eigenvalue weighted by Gasteiger charge is -2.05. The third kappa shape index (κ3) is 4.61. The van der Waals surface area contributed by atoms with E-state index in [1.807, 2.05) is 18.2 Å². The Morgan fingerprint density at radius 3 is 2.93 bits per heavy atom. The van der Waals surface area contributed by atoms with Crippen molar-refractivity contribution in [2.24, 2.45) is 5.73 Å². The Morgan fingerprint density at radius 1 is 1.47 bits per heavy atom. The largest absolute Gasteiger partial charge is 0.492 e. The molecule has 0 aliphatic rings. The van der Waals surface area contributed by atoms with Gasteiger partial charge in [0, 0.05) is 12.1 Å². The molecule has 3 heteroatoms. The summed E-state index contributed by atoms with van der Waals surface area (Å²) in [6.07, 6.45) is 6.44. The fourth-order valence-corrected chi connectivity index (χ4v) is 1.21. The van der Waals surface area contributed by atoms with E-state index in [0.29, 0.717) is 13.2 Å². The van der Waals surface area contributed by atoms with Crippen LogP contribution in [0.5, 0.6) is 5.75 Å². The van der Waals surface area contributed by atoms with Gasteiger partial charge < -0.3 is 10.5 Å². The maximum absolute atomic E-state index is 5.50. The topological polar surface area (TPSA) is 48.1 Å². The molecule has 0 fully saturated rings. The van der Waals surface area contributed by atoms with Gasteiger partial charge in [0.15, 0.2) is 0 Å². The number of unbranched alkanes of at least 4 members (excludes halogenated alkanes) is 1. The Labute approximate surface area is 91.0 Å². The highest BCUT2D eigenvalue weighted by Crippen LogP contribution is 2.09. The maximum Gasteiger partial charge on any atom is 0.137 e. The molecule has 0 spiro atoms. The predicted octanol–water partition coefficient (Wildman–Crippen LogP) is 1.93. The van der Waals surface area contributed by atoms with Crippen molar-refractivity contribution in [1.29, 1.82) is 0 Å². The summed E-state index contributed by atoms with van der Waals surface area (Å²) in [4.78, 5) is 4.24. The van der Waals surface area contributed by atoms with Crippen LogP contribution in [0.1, 0.15) is 18.5 Å². The van der Waals surface area contributed by atoms with Crippen molar-refractivity contribution in [3.63, 3.8) is 0 Å². The fourth-order valence-electron chi connectivity index (χ4n) is 1.21. The average molecular weight is 206 g/mol. The third-order valence-electron chi connectivity index (χ3n) is 2.02. The van der Waals surface area contributed by atoms with Gasteiger partial charge in [0.1, 0.15) is 5.75 Å². The molecule has 0 saturated carbocycles. The SMILES string of the molecule is C=CCCCOc1ccc(CCN)nc1. The van der Waals surface area contributed by atoms with Gasteiger partial charge in [-0.05, 0) is 31.5 Å². The van der Waals surface area contributed by atoms with E-state index in [1.54, 1.807) is 6.20 Å². The van der Waals surface area contributed by atoms with E-state index in [4.69, 9.17) is 10.5 Å².